The van der Waals surface area contributed by atoms with E-state index in [-0.39, 0.29) is 5.97 Å². The molecule has 0 amide bonds. The fourth-order valence-corrected chi connectivity index (χ4v) is 2.06. The van der Waals surface area contributed by atoms with Gasteiger partial charge in [0.15, 0.2) is 0 Å². The Morgan fingerprint density at radius 1 is 1.60 bits per heavy atom. The topological polar surface area (TPSA) is 38.3 Å². The maximum atomic E-state index is 11.6. The lowest BCUT2D eigenvalue weighted by atomic mass is 9.91. The van der Waals surface area contributed by atoms with Gasteiger partial charge in [0.2, 0.25) is 0 Å². The van der Waals surface area contributed by atoms with Crippen molar-refractivity contribution in [2.24, 2.45) is 5.92 Å². The van der Waals surface area contributed by atoms with Crippen molar-refractivity contribution >= 4 is 5.97 Å². The lowest BCUT2D eigenvalue weighted by Gasteiger charge is -2.17. The minimum absolute atomic E-state index is 0.140. The summed E-state index contributed by atoms with van der Waals surface area (Å²) in [5, 5.41) is 3.33. The highest BCUT2D eigenvalue weighted by Gasteiger charge is 2.26. The average Bonchev–Trinajstić information content (AvgIpc) is 2.72. The first-order valence-corrected chi connectivity index (χ1v) is 5.63. The Hall–Kier alpha value is -1.25. The van der Waals surface area contributed by atoms with E-state index in [0.29, 0.717) is 12.5 Å². The molecule has 0 aromatic rings. The van der Waals surface area contributed by atoms with E-state index in [4.69, 9.17) is 4.74 Å². The molecular formula is C12H17NO2. The number of hydrogen-bond donors (Lipinski definition) is 1. The fourth-order valence-electron chi connectivity index (χ4n) is 2.06. The molecule has 1 unspecified atom stereocenters. The molecule has 0 saturated carbocycles. The van der Waals surface area contributed by atoms with Gasteiger partial charge < -0.3 is 10.1 Å². The Morgan fingerprint density at radius 3 is 3.27 bits per heavy atom. The molecular weight excluding hydrogens is 190 g/mol. The van der Waals surface area contributed by atoms with Crippen LogP contribution in [0.15, 0.2) is 23.4 Å². The number of esters is 1. The number of nitrogens with one attached hydrogen (secondary N) is 1. The van der Waals surface area contributed by atoms with Crippen LogP contribution in [0.4, 0.5) is 0 Å². The van der Waals surface area contributed by atoms with E-state index in [2.05, 4.69) is 5.32 Å². The molecule has 82 valence electrons. The van der Waals surface area contributed by atoms with Crippen LogP contribution in [0.3, 0.4) is 0 Å². The average molecular weight is 207 g/mol. The smallest absolute Gasteiger partial charge is 0.334 e. The van der Waals surface area contributed by atoms with Crippen LogP contribution in [0.25, 0.3) is 0 Å². The molecule has 0 aromatic carbocycles. The molecule has 1 fully saturated rings. The standard InChI is InChI=1S/C12H17NO2/c1-2-7-15-12(14)10-3-4-11-9(8-10)5-6-13-11/h3-4,9,13H,2,5-8H2,1H3. The maximum absolute atomic E-state index is 11.6. The van der Waals surface area contributed by atoms with Crippen molar-refractivity contribution < 1.29 is 9.53 Å². The largest absolute Gasteiger partial charge is 0.462 e. The third-order valence-corrected chi connectivity index (χ3v) is 2.89. The fraction of sp³-hybridized carbons (Fsp3) is 0.583. The van der Waals surface area contributed by atoms with E-state index < -0.39 is 0 Å². The summed E-state index contributed by atoms with van der Waals surface area (Å²) >= 11 is 0. The predicted molar refractivity (Wildman–Crippen MR) is 58.1 cm³/mol. The number of allylic oxidation sites excluding steroid dienone is 3. The van der Waals surface area contributed by atoms with E-state index in [1.807, 2.05) is 19.1 Å². The minimum atomic E-state index is -0.140. The van der Waals surface area contributed by atoms with Gasteiger partial charge in [0.1, 0.15) is 0 Å². The highest BCUT2D eigenvalue weighted by molar-refractivity contribution is 5.89. The van der Waals surface area contributed by atoms with Gasteiger partial charge in [-0.15, -0.1) is 0 Å². The molecule has 3 nitrogen and oxygen atoms in total. The van der Waals surface area contributed by atoms with Gasteiger partial charge in [-0.25, -0.2) is 4.79 Å². The predicted octanol–water partition coefficient (Wildman–Crippen LogP) is 1.76. The first-order chi connectivity index (χ1) is 7.31. The van der Waals surface area contributed by atoms with Crippen LogP contribution in [0.5, 0.6) is 0 Å². The van der Waals surface area contributed by atoms with E-state index >= 15 is 0 Å². The first-order valence-electron chi connectivity index (χ1n) is 5.63. The highest BCUT2D eigenvalue weighted by Crippen LogP contribution is 2.30. The number of hydrogen-bond acceptors (Lipinski definition) is 3. The lowest BCUT2D eigenvalue weighted by Crippen LogP contribution is -2.16. The molecule has 1 aliphatic heterocycles. The minimum Gasteiger partial charge on any atom is -0.462 e. The lowest BCUT2D eigenvalue weighted by molar-refractivity contribution is -0.139. The van der Waals surface area contributed by atoms with E-state index in [0.717, 1.165) is 31.4 Å². The normalized spacial score (nSPS) is 23.7. The number of fused-ring (bicyclic) bond motifs is 1. The first kappa shape index (κ1) is 10.3. The molecule has 1 atom stereocenters. The van der Waals surface area contributed by atoms with Crippen molar-refractivity contribution in [2.45, 2.75) is 26.2 Å². The van der Waals surface area contributed by atoms with E-state index in [9.17, 15) is 4.79 Å². The molecule has 3 heteroatoms. The van der Waals surface area contributed by atoms with Crippen molar-refractivity contribution in [3.8, 4) is 0 Å². The molecule has 0 aromatic heterocycles. The zero-order chi connectivity index (χ0) is 10.7. The zero-order valence-corrected chi connectivity index (χ0v) is 9.08. The Labute approximate surface area is 90.2 Å². The molecule has 0 radical (unpaired) electrons. The maximum Gasteiger partial charge on any atom is 0.334 e. The summed E-state index contributed by atoms with van der Waals surface area (Å²) in [5.41, 5.74) is 2.10. The van der Waals surface area contributed by atoms with Gasteiger partial charge in [-0.1, -0.05) is 13.0 Å². The quantitative estimate of drug-likeness (QED) is 0.717. The Morgan fingerprint density at radius 2 is 2.47 bits per heavy atom. The Bertz CT molecular complexity index is 318. The van der Waals surface area contributed by atoms with Gasteiger partial charge in [-0.05, 0) is 25.3 Å². The molecule has 1 N–H and O–H groups in total. The van der Waals surface area contributed by atoms with Crippen molar-refractivity contribution in [2.75, 3.05) is 13.2 Å². The van der Waals surface area contributed by atoms with Crippen LogP contribution in [0.1, 0.15) is 26.2 Å². The van der Waals surface area contributed by atoms with Crippen LogP contribution >= 0.6 is 0 Å². The molecule has 2 rings (SSSR count). The summed E-state index contributed by atoms with van der Waals surface area (Å²) in [6.07, 6.45) is 6.75. The van der Waals surface area contributed by atoms with E-state index in [1.165, 1.54) is 5.70 Å². The molecule has 0 bridgehead atoms. The second-order valence-electron chi connectivity index (χ2n) is 4.07. The van der Waals surface area contributed by atoms with Gasteiger partial charge in [0, 0.05) is 23.7 Å². The highest BCUT2D eigenvalue weighted by atomic mass is 16.5. The van der Waals surface area contributed by atoms with Crippen LogP contribution in [0.2, 0.25) is 0 Å². The van der Waals surface area contributed by atoms with Gasteiger partial charge in [0.25, 0.3) is 0 Å². The summed E-state index contributed by atoms with van der Waals surface area (Å²) in [6.45, 7) is 3.55. The number of rotatable bonds is 3. The monoisotopic (exact) mass is 207 g/mol. The Balaban J connectivity index is 1.97. The summed E-state index contributed by atoms with van der Waals surface area (Å²) in [5.74, 6) is 0.373. The van der Waals surface area contributed by atoms with Crippen molar-refractivity contribution in [3.63, 3.8) is 0 Å². The van der Waals surface area contributed by atoms with Crippen LogP contribution in [0, 0.1) is 5.92 Å². The number of carbonyl (C=O) groups excluding carboxylic acids is 1. The second-order valence-corrected chi connectivity index (χ2v) is 4.07. The summed E-state index contributed by atoms with van der Waals surface area (Å²) in [6, 6.07) is 0. The Kier molecular flexibility index (Phi) is 3.09. The van der Waals surface area contributed by atoms with Crippen molar-refractivity contribution in [1.29, 1.82) is 0 Å². The summed E-state index contributed by atoms with van der Waals surface area (Å²) in [4.78, 5) is 11.6. The van der Waals surface area contributed by atoms with Gasteiger partial charge in [-0.2, -0.15) is 0 Å². The molecule has 1 saturated heterocycles. The zero-order valence-electron chi connectivity index (χ0n) is 9.08. The molecule has 1 aliphatic carbocycles. The molecule has 2 aliphatic rings. The van der Waals surface area contributed by atoms with Gasteiger partial charge >= 0.3 is 5.97 Å². The van der Waals surface area contributed by atoms with Crippen molar-refractivity contribution in [3.05, 3.63) is 23.4 Å². The third kappa shape index (κ3) is 2.22. The third-order valence-electron chi connectivity index (χ3n) is 2.89. The van der Waals surface area contributed by atoms with Crippen molar-refractivity contribution in [1.82, 2.24) is 5.32 Å². The van der Waals surface area contributed by atoms with Gasteiger partial charge in [-0.3, -0.25) is 0 Å². The molecule has 1 heterocycles. The molecule has 0 spiro atoms. The van der Waals surface area contributed by atoms with Crippen LogP contribution in [-0.2, 0) is 9.53 Å². The number of carbonyl (C=O) groups is 1. The van der Waals surface area contributed by atoms with Crippen LogP contribution in [-0.4, -0.2) is 19.1 Å². The number of ether oxygens (including phenoxy) is 1. The second kappa shape index (κ2) is 4.51. The SMILES string of the molecule is CCCOC(=O)C1=CC=C2NCCC2C1. The van der Waals surface area contributed by atoms with Gasteiger partial charge in [0.05, 0.1) is 6.61 Å². The molecule has 15 heavy (non-hydrogen) atoms. The summed E-state index contributed by atoms with van der Waals surface area (Å²) < 4.78 is 5.12. The van der Waals surface area contributed by atoms with Crippen LogP contribution < -0.4 is 5.32 Å². The van der Waals surface area contributed by atoms with E-state index in [1.54, 1.807) is 0 Å². The summed E-state index contributed by atoms with van der Waals surface area (Å²) in [7, 11) is 0.